The number of carbonyl (C=O) groups is 1. The Morgan fingerprint density at radius 3 is 2.84 bits per heavy atom. The van der Waals surface area contributed by atoms with Gasteiger partial charge in [-0.25, -0.2) is 0 Å². The van der Waals surface area contributed by atoms with Crippen LogP contribution in [0.5, 0.6) is 0 Å². The lowest BCUT2D eigenvalue weighted by Crippen LogP contribution is -2.32. The van der Waals surface area contributed by atoms with Crippen LogP contribution in [0.15, 0.2) is 54.0 Å². The summed E-state index contributed by atoms with van der Waals surface area (Å²) < 4.78 is 0. The number of aryl methyl sites for hydroxylation is 1. The molecule has 0 fully saturated rings. The van der Waals surface area contributed by atoms with Gasteiger partial charge in [-0.1, -0.05) is 18.2 Å². The molecular formula is C20H19N3OS. The molecule has 5 heteroatoms. The van der Waals surface area contributed by atoms with Gasteiger partial charge in [0, 0.05) is 16.8 Å². The third kappa shape index (κ3) is 2.81. The van der Waals surface area contributed by atoms with Gasteiger partial charge in [-0.3, -0.25) is 9.78 Å². The summed E-state index contributed by atoms with van der Waals surface area (Å²) in [5.74, 6) is 0.0271. The number of carbonyl (C=O) groups excluding carboxylic acids is 1. The van der Waals surface area contributed by atoms with Gasteiger partial charge >= 0.3 is 0 Å². The number of anilines is 1. The topological polar surface area (TPSA) is 45.2 Å². The molecule has 4 nitrogen and oxygen atoms in total. The zero-order valence-electron chi connectivity index (χ0n) is 14.2. The first-order valence-corrected chi connectivity index (χ1v) is 9.14. The van der Waals surface area contributed by atoms with Crippen LogP contribution in [0.2, 0.25) is 0 Å². The molecule has 25 heavy (non-hydrogen) atoms. The minimum absolute atomic E-state index is 0.0271. The van der Waals surface area contributed by atoms with Crippen LogP contribution < -0.4 is 5.32 Å². The quantitative estimate of drug-likeness (QED) is 0.753. The third-order valence-electron chi connectivity index (χ3n) is 4.70. The van der Waals surface area contributed by atoms with Gasteiger partial charge in [-0.05, 0) is 54.6 Å². The van der Waals surface area contributed by atoms with Crippen LogP contribution in [-0.4, -0.2) is 15.8 Å². The van der Waals surface area contributed by atoms with Crippen molar-refractivity contribution in [2.45, 2.75) is 26.6 Å². The van der Waals surface area contributed by atoms with E-state index in [2.05, 4.69) is 42.3 Å². The van der Waals surface area contributed by atoms with Gasteiger partial charge in [0.25, 0.3) is 5.91 Å². The highest BCUT2D eigenvalue weighted by atomic mass is 32.1. The fourth-order valence-electron chi connectivity index (χ4n) is 3.17. The number of nitrogens with one attached hydrogen (secondary N) is 1. The first-order chi connectivity index (χ1) is 12.1. The normalized spacial score (nSPS) is 16.2. The standard InChI is InChI=1S/C20H19N3OS/c1-13-6-3-9-17(14(13)2)22-19-18-16(8-4-10-21-18)20(24)23(19)12-15-7-5-11-25-15/h3-11,19,22H,12H2,1-2H3. The van der Waals surface area contributed by atoms with E-state index in [9.17, 15) is 4.79 Å². The number of thiophene rings is 1. The number of aromatic nitrogens is 1. The molecule has 0 saturated heterocycles. The van der Waals surface area contributed by atoms with Crippen LogP contribution in [0.3, 0.4) is 0 Å². The van der Waals surface area contributed by atoms with Gasteiger partial charge in [0.2, 0.25) is 0 Å². The van der Waals surface area contributed by atoms with Crippen molar-refractivity contribution in [3.63, 3.8) is 0 Å². The average Bonchev–Trinajstić information content (AvgIpc) is 3.22. The molecule has 0 bridgehead atoms. The van der Waals surface area contributed by atoms with E-state index in [1.165, 1.54) is 11.1 Å². The lowest BCUT2D eigenvalue weighted by atomic mass is 10.1. The molecule has 126 valence electrons. The Morgan fingerprint density at radius 2 is 2.04 bits per heavy atom. The second-order valence-electron chi connectivity index (χ2n) is 6.24. The smallest absolute Gasteiger partial charge is 0.258 e. The van der Waals surface area contributed by atoms with Crippen LogP contribution in [-0.2, 0) is 6.54 Å². The van der Waals surface area contributed by atoms with Crippen LogP contribution in [0.4, 0.5) is 5.69 Å². The van der Waals surface area contributed by atoms with Crippen molar-refractivity contribution in [2.75, 3.05) is 5.32 Å². The largest absolute Gasteiger partial charge is 0.360 e. The predicted molar refractivity (Wildman–Crippen MR) is 101 cm³/mol. The maximum atomic E-state index is 12.9. The van der Waals surface area contributed by atoms with Crippen LogP contribution in [0, 0.1) is 13.8 Å². The molecule has 1 N–H and O–H groups in total. The Kier molecular flexibility index (Phi) is 4.01. The first kappa shape index (κ1) is 15.8. The summed E-state index contributed by atoms with van der Waals surface area (Å²) >= 11 is 1.66. The molecule has 3 aromatic rings. The Hall–Kier alpha value is -2.66. The summed E-state index contributed by atoms with van der Waals surface area (Å²) in [5, 5.41) is 5.58. The van der Waals surface area contributed by atoms with Crippen molar-refractivity contribution in [3.8, 4) is 0 Å². The number of hydrogen-bond donors (Lipinski definition) is 1. The van der Waals surface area contributed by atoms with Gasteiger partial charge in [-0.2, -0.15) is 0 Å². The number of nitrogens with zero attached hydrogens (tertiary/aromatic N) is 2. The number of amides is 1. The Bertz CT molecular complexity index is 920. The van der Waals surface area contributed by atoms with Gasteiger partial charge in [0.1, 0.15) is 6.17 Å². The van der Waals surface area contributed by atoms with Gasteiger partial charge in [-0.15, -0.1) is 11.3 Å². The highest BCUT2D eigenvalue weighted by Crippen LogP contribution is 2.35. The fourth-order valence-corrected chi connectivity index (χ4v) is 3.87. The second kappa shape index (κ2) is 6.33. The van der Waals surface area contributed by atoms with Gasteiger partial charge < -0.3 is 10.2 Å². The molecule has 1 aromatic carbocycles. The van der Waals surface area contributed by atoms with Crippen molar-refractivity contribution in [1.82, 2.24) is 9.88 Å². The average molecular weight is 349 g/mol. The molecular weight excluding hydrogens is 330 g/mol. The summed E-state index contributed by atoms with van der Waals surface area (Å²) in [6, 6.07) is 13.9. The summed E-state index contributed by atoms with van der Waals surface area (Å²) in [6.07, 6.45) is 1.49. The van der Waals surface area contributed by atoms with Gasteiger partial charge in [0.15, 0.2) is 0 Å². The van der Waals surface area contributed by atoms with E-state index >= 15 is 0 Å². The lowest BCUT2D eigenvalue weighted by molar-refractivity contribution is 0.0729. The minimum Gasteiger partial charge on any atom is -0.360 e. The lowest BCUT2D eigenvalue weighted by Gasteiger charge is -2.27. The highest BCUT2D eigenvalue weighted by molar-refractivity contribution is 7.09. The van der Waals surface area contributed by atoms with Crippen LogP contribution in [0.25, 0.3) is 0 Å². The number of pyridine rings is 1. The van der Waals surface area contributed by atoms with Gasteiger partial charge in [0.05, 0.1) is 17.8 Å². The van der Waals surface area contributed by atoms with E-state index in [4.69, 9.17) is 0 Å². The Balaban J connectivity index is 1.73. The zero-order valence-corrected chi connectivity index (χ0v) is 15.0. The molecule has 1 aliphatic heterocycles. The van der Waals surface area contributed by atoms with Crippen molar-refractivity contribution >= 4 is 22.9 Å². The third-order valence-corrected chi connectivity index (χ3v) is 5.56. The number of benzene rings is 1. The van der Waals surface area contributed by atoms with Crippen molar-refractivity contribution in [2.24, 2.45) is 0 Å². The van der Waals surface area contributed by atoms with Crippen LogP contribution in [0.1, 0.15) is 38.2 Å². The van der Waals surface area contributed by atoms with E-state index in [1.54, 1.807) is 17.5 Å². The van der Waals surface area contributed by atoms with Crippen molar-refractivity contribution in [3.05, 3.63) is 81.3 Å². The molecule has 1 aliphatic rings. The maximum absolute atomic E-state index is 12.9. The van der Waals surface area contributed by atoms with Crippen LogP contribution >= 0.6 is 11.3 Å². The van der Waals surface area contributed by atoms with Crippen molar-refractivity contribution < 1.29 is 4.79 Å². The molecule has 3 heterocycles. The predicted octanol–water partition coefficient (Wildman–Crippen LogP) is 4.53. The minimum atomic E-state index is -0.258. The molecule has 1 atom stereocenters. The monoisotopic (exact) mass is 349 g/mol. The number of hydrogen-bond acceptors (Lipinski definition) is 4. The van der Waals surface area contributed by atoms with Crippen molar-refractivity contribution in [1.29, 1.82) is 0 Å². The maximum Gasteiger partial charge on any atom is 0.258 e. The van der Waals surface area contributed by atoms with E-state index in [-0.39, 0.29) is 12.1 Å². The molecule has 2 aromatic heterocycles. The first-order valence-electron chi connectivity index (χ1n) is 8.26. The van der Waals surface area contributed by atoms with E-state index in [1.807, 2.05) is 34.5 Å². The summed E-state index contributed by atoms with van der Waals surface area (Å²) in [7, 11) is 0. The summed E-state index contributed by atoms with van der Waals surface area (Å²) in [6.45, 7) is 4.77. The summed E-state index contributed by atoms with van der Waals surface area (Å²) in [4.78, 5) is 20.5. The number of rotatable bonds is 4. The molecule has 0 radical (unpaired) electrons. The molecule has 4 rings (SSSR count). The van der Waals surface area contributed by atoms with E-state index < -0.39 is 0 Å². The summed E-state index contributed by atoms with van der Waals surface area (Å²) in [5.41, 5.74) is 4.93. The Morgan fingerprint density at radius 1 is 1.16 bits per heavy atom. The molecule has 0 saturated carbocycles. The SMILES string of the molecule is Cc1cccc(NC2c3ncccc3C(=O)N2Cc2cccs2)c1C. The highest BCUT2D eigenvalue weighted by Gasteiger charge is 2.38. The second-order valence-corrected chi connectivity index (χ2v) is 7.28. The number of fused-ring (bicyclic) bond motifs is 1. The molecule has 0 spiro atoms. The fraction of sp³-hybridized carbons (Fsp3) is 0.200. The molecule has 1 amide bonds. The molecule has 1 unspecified atom stereocenters. The van der Waals surface area contributed by atoms with E-state index in [0.717, 1.165) is 16.3 Å². The van der Waals surface area contributed by atoms with E-state index in [0.29, 0.717) is 12.1 Å². The Labute approximate surface area is 151 Å². The zero-order chi connectivity index (χ0) is 17.4. The molecule has 0 aliphatic carbocycles.